The molecule has 0 saturated carbocycles. The van der Waals surface area contributed by atoms with Crippen molar-refractivity contribution >= 4 is 11.9 Å². The average Bonchev–Trinajstić information content (AvgIpc) is 4.10. The summed E-state index contributed by atoms with van der Waals surface area (Å²) < 4.78 is 44.2. The summed E-state index contributed by atoms with van der Waals surface area (Å²) in [5.74, 6) is 2.96. The van der Waals surface area contributed by atoms with Crippen LogP contribution in [0.4, 0.5) is 0 Å². The van der Waals surface area contributed by atoms with Crippen LogP contribution in [-0.2, 0) is 9.47 Å². The fourth-order valence-electron chi connectivity index (χ4n) is 5.09. The van der Waals surface area contributed by atoms with Crippen LogP contribution in [0.5, 0.6) is 34.5 Å². The van der Waals surface area contributed by atoms with Crippen molar-refractivity contribution in [3.8, 4) is 34.5 Å². The quantitative estimate of drug-likeness (QED) is 0.0348. The topological polar surface area (TPSA) is 115 Å². The Labute approximate surface area is 298 Å². The van der Waals surface area contributed by atoms with E-state index < -0.39 is 11.9 Å². The van der Waals surface area contributed by atoms with Crippen LogP contribution in [0.3, 0.4) is 0 Å². The lowest BCUT2D eigenvalue weighted by Gasteiger charge is -2.09. The van der Waals surface area contributed by atoms with Crippen LogP contribution >= 0.6 is 0 Å². The van der Waals surface area contributed by atoms with Gasteiger partial charge >= 0.3 is 11.9 Å². The van der Waals surface area contributed by atoms with E-state index in [9.17, 15) is 9.59 Å². The smallest absolute Gasteiger partial charge is 0.343 e. The van der Waals surface area contributed by atoms with E-state index in [1.165, 1.54) is 6.42 Å². The molecule has 51 heavy (non-hydrogen) atoms. The predicted octanol–water partition coefficient (Wildman–Crippen LogP) is 7.87. The van der Waals surface area contributed by atoms with Crippen molar-refractivity contribution in [3.05, 3.63) is 108 Å². The first-order chi connectivity index (χ1) is 25.1. The van der Waals surface area contributed by atoms with Gasteiger partial charge in [-0.25, -0.2) is 9.59 Å². The summed E-state index contributed by atoms with van der Waals surface area (Å²) >= 11 is 0. The van der Waals surface area contributed by atoms with Crippen LogP contribution in [0.2, 0.25) is 0 Å². The van der Waals surface area contributed by atoms with Crippen molar-refractivity contribution in [2.24, 2.45) is 0 Å². The average molecular weight is 697 g/mol. The van der Waals surface area contributed by atoms with Gasteiger partial charge in [0, 0.05) is 0 Å². The van der Waals surface area contributed by atoms with Crippen LogP contribution in [-0.4, -0.2) is 63.8 Å². The third-order valence-corrected chi connectivity index (χ3v) is 8.25. The molecule has 2 aliphatic rings. The van der Waals surface area contributed by atoms with Crippen molar-refractivity contribution in [3.63, 3.8) is 0 Å². The highest BCUT2D eigenvalue weighted by molar-refractivity contribution is 5.91. The Balaban J connectivity index is 0.754. The molecule has 0 spiro atoms. The molecule has 0 bridgehead atoms. The summed E-state index contributed by atoms with van der Waals surface area (Å²) in [5.41, 5.74) is 0.904. The molecule has 0 radical (unpaired) electrons. The van der Waals surface area contributed by atoms with Crippen LogP contribution < -0.4 is 28.4 Å². The fraction of sp³-hybridized carbons (Fsp3) is 0.366. The van der Waals surface area contributed by atoms with Crippen molar-refractivity contribution in [2.75, 3.05) is 39.6 Å². The van der Waals surface area contributed by atoms with Gasteiger partial charge < -0.3 is 37.9 Å². The van der Waals surface area contributed by atoms with E-state index in [0.29, 0.717) is 60.6 Å². The number of carbonyl (C=O) groups excluding carboxylic acids is 2. The van der Waals surface area contributed by atoms with E-state index in [-0.39, 0.29) is 12.2 Å². The Morgan fingerprint density at radius 3 is 1.08 bits per heavy atom. The first-order valence-corrected chi connectivity index (χ1v) is 17.7. The van der Waals surface area contributed by atoms with E-state index in [1.54, 1.807) is 72.8 Å². The molecule has 2 atom stereocenters. The number of benzene rings is 4. The molecule has 2 saturated heterocycles. The highest BCUT2D eigenvalue weighted by Gasteiger charge is 2.24. The van der Waals surface area contributed by atoms with E-state index in [1.807, 2.05) is 24.3 Å². The van der Waals surface area contributed by atoms with Gasteiger partial charge in [-0.05, 0) is 110 Å². The number of hydrogen-bond acceptors (Lipinski definition) is 10. The van der Waals surface area contributed by atoms with Gasteiger partial charge in [-0.3, -0.25) is 0 Å². The Hall–Kier alpha value is -5.06. The van der Waals surface area contributed by atoms with Crippen LogP contribution in [0.1, 0.15) is 65.7 Å². The van der Waals surface area contributed by atoms with Crippen molar-refractivity contribution in [1.29, 1.82) is 0 Å². The molecule has 0 N–H and O–H groups in total. The zero-order chi connectivity index (χ0) is 35.1. The lowest BCUT2D eigenvalue weighted by atomic mass is 10.1. The van der Waals surface area contributed by atoms with Gasteiger partial charge in [0.15, 0.2) is 0 Å². The zero-order valence-electron chi connectivity index (χ0n) is 28.7. The molecule has 10 nitrogen and oxygen atoms in total. The first-order valence-electron chi connectivity index (χ1n) is 17.7. The largest absolute Gasteiger partial charge is 0.494 e. The van der Waals surface area contributed by atoms with E-state index in [0.717, 1.165) is 63.2 Å². The maximum atomic E-state index is 12.5. The molecule has 2 fully saturated rings. The Bertz CT molecular complexity index is 1520. The molecule has 268 valence electrons. The summed E-state index contributed by atoms with van der Waals surface area (Å²) in [5, 5.41) is 0. The molecular formula is C41H44O10. The second-order valence-electron chi connectivity index (χ2n) is 12.5. The molecule has 4 aromatic rings. The first kappa shape index (κ1) is 35.8. The highest BCUT2D eigenvalue weighted by Crippen LogP contribution is 2.23. The maximum absolute atomic E-state index is 12.5. The van der Waals surface area contributed by atoms with Gasteiger partial charge in [0.2, 0.25) is 0 Å². The molecular weight excluding hydrogens is 652 g/mol. The molecule has 2 unspecified atom stereocenters. The Kier molecular flexibility index (Phi) is 13.2. The standard InChI is InChI=1S/C41H44O10/c42-40(30-8-12-34(13-9-30)46-26-38-28-48-38)50-36-20-16-32(17-21-36)44-24-6-4-2-1-3-5-7-25-45-33-18-22-37(23-19-33)51-41(43)31-10-14-35(15-11-31)47-27-39-29-49-39/h8-23,38-39H,1-7,24-29H2. The molecule has 10 heteroatoms. The number of unbranched alkanes of at least 4 members (excludes halogenated alkanes) is 6. The molecule has 2 aliphatic heterocycles. The predicted molar refractivity (Wildman–Crippen MR) is 189 cm³/mol. The second-order valence-corrected chi connectivity index (χ2v) is 12.5. The molecule has 0 amide bonds. The summed E-state index contributed by atoms with van der Waals surface area (Å²) in [6.07, 6.45) is 8.05. The number of epoxide rings is 2. The van der Waals surface area contributed by atoms with E-state index in [2.05, 4.69) is 0 Å². The lowest BCUT2D eigenvalue weighted by molar-refractivity contribution is 0.0725. The zero-order valence-corrected chi connectivity index (χ0v) is 28.7. The number of carbonyl (C=O) groups is 2. The molecule has 4 aromatic carbocycles. The SMILES string of the molecule is O=C(Oc1ccc(OCCCCCCCCCOc2ccc(OC(=O)c3ccc(OCC4CO4)cc3)cc2)cc1)c1ccc(OCC2CO2)cc1. The number of rotatable bonds is 22. The summed E-state index contributed by atoms with van der Waals surface area (Å²) in [6, 6.07) is 28.0. The summed E-state index contributed by atoms with van der Waals surface area (Å²) in [4.78, 5) is 25.0. The maximum Gasteiger partial charge on any atom is 0.343 e. The van der Waals surface area contributed by atoms with Crippen LogP contribution in [0.15, 0.2) is 97.1 Å². The number of ether oxygens (including phenoxy) is 8. The van der Waals surface area contributed by atoms with Gasteiger partial charge in [-0.1, -0.05) is 32.1 Å². The second kappa shape index (κ2) is 18.8. The van der Waals surface area contributed by atoms with Gasteiger partial charge in [0.25, 0.3) is 0 Å². The van der Waals surface area contributed by atoms with Crippen LogP contribution in [0, 0.1) is 0 Å². The normalized spacial score (nSPS) is 15.8. The molecule has 0 aliphatic carbocycles. The van der Waals surface area contributed by atoms with Crippen LogP contribution in [0.25, 0.3) is 0 Å². The minimum absolute atomic E-state index is 0.183. The third-order valence-electron chi connectivity index (χ3n) is 8.25. The van der Waals surface area contributed by atoms with Gasteiger partial charge in [-0.15, -0.1) is 0 Å². The van der Waals surface area contributed by atoms with Crippen molar-refractivity contribution in [2.45, 2.75) is 57.2 Å². The van der Waals surface area contributed by atoms with Gasteiger partial charge in [0.1, 0.15) is 59.9 Å². The Morgan fingerprint density at radius 2 is 0.725 bits per heavy atom. The number of esters is 2. The number of hydrogen-bond donors (Lipinski definition) is 0. The van der Waals surface area contributed by atoms with Gasteiger partial charge in [0.05, 0.1) is 37.6 Å². The van der Waals surface area contributed by atoms with Crippen molar-refractivity contribution in [1.82, 2.24) is 0 Å². The Morgan fingerprint density at radius 1 is 0.431 bits per heavy atom. The van der Waals surface area contributed by atoms with Crippen molar-refractivity contribution < 1.29 is 47.5 Å². The summed E-state index contributed by atoms with van der Waals surface area (Å²) in [7, 11) is 0. The monoisotopic (exact) mass is 696 g/mol. The third kappa shape index (κ3) is 12.6. The molecule has 6 rings (SSSR count). The van der Waals surface area contributed by atoms with E-state index in [4.69, 9.17) is 37.9 Å². The lowest BCUT2D eigenvalue weighted by Crippen LogP contribution is -2.09. The van der Waals surface area contributed by atoms with Gasteiger partial charge in [-0.2, -0.15) is 0 Å². The highest BCUT2D eigenvalue weighted by atomic mass is 16.6. The fourth-order valence-corrected chi connectivity index (χ4v) is 5.09. The van der Waals surface area contributed by atoms with E-state index >= 15 is 0 Å². The molecule has 2 heterocycles. The minimum atomic E-state index is -0.426. The summed E-state index contributed by atoms with van der Waals surface area (Å²) in [6.45, 7) is 3.80. The molecule has 0 aromatic heterocycles. The minimum Gasteiger partial charge on any atom is -0.494 e.